The van der Waals surface area contributed by atoms with Gasteiger partial charge in [0.05, 0.1) is 0 Å². The van der Waals surface area contributed by atoms with Crippen LogP contribution in [0.4, 0.5) is 5.69 Å². The van der Waals surface area contributed by atoms with Crippen LogP contribution in [0.25, 0.3) is 0 Å². The van der Waals surface area contributed by atoms with E-state index >= 15 is 0 Å². The van der Waals surface area contributed by atoms with Crippen LogP contribution in [0.5, 0.6) is 0 Å². The number of hydrogen-bond acceptors (Lipinski definition) is 1. The molecular formula is C12H16N. The summed E-state index contributed by atoms with van der Waals surface area (Å²) in [4.78, 5) is 2.43. The van der Waals surface area contributed by atoms with Gasteiger partial charge in [-0.3, -0.25) is 0 Å². The molecule has 0 aliphatic carbocycles. The second-order valence-corrected chi connectivity index (χ2v) is 3.63. The van der Waals surface area contributed by atoms with Crippen molar-refractivity contribution in [2.24, 2.45) is 0 Å². The molecule has 1 heterocycles. The maximum Gasteiger partial charge on any atom is 0.0449 e. The van der Waals surface area contributed by atoms with E-state index in [0.29, 0.717) is 0 Å². The summed E-state index contributed by atoms with van der Waals surface area (Å²) >= 11 is 0. The average Bonchev–Trinajstić information content (AvgIpc) is 2.71. The largest absolute Gasteiger partial charge is 0.371 e. The van der Waals surface area contributed by atoms with Crippen molar-refractivity contribution in [1.29, 1.82) is 0 Å². The minimum atomic E-state index is 1.12. The molecule has 0 amide bonds. The van der Waals surface area contributed by atoms with Crippen LogP contribution in [0.3, 0.4) is 0 Å². The molecule has 1 aromatic carbocycles. The van der Waals surface area contributed by atoms with Crippen molar-refractivity contribution in [3.8, 4) is 0 Å². The first-order chi connectivity index (χ1) is 6.40. The van der Waals surface area contributed by atoms with Crippen LogP contribution in [0.1, 0.15) is 25.3 Å². The summed E-state index contributed by atoms with van der Waals surface area (Å²) in [6, 6.07) is 9.78. The molecule has 0 atom stereocenters. The van der Waals surface area contributed by atoms with Crippen LogP contribution in [0.15, 0.2) is 18.2 Å². The Balaban J connectivity index is 2.18. The van der Waals surface area contributed by atoms with Crippen molar-refractivity contribution in [3.63, 3.8) is 0 Å². The van der Waals surface area contributed by atoms with Gasteiger partial charge in [0.15, 0.2) is 0 Å². The zero-order valence-corrected chi connectivity index (χ0v) is 8.21. The molecule has 1 heteroatoms. The molecule has 1 aliphatic rings. The Morgan fingerprint density at radius 3 is 2.85 bits per heavy atom. The third-order valence-corrected chi connectivity index (χ3v) is 2.71. The summed E-state index contributed by atoms with van der Waals surface area (Å²) in [6.45, 7) is 4.62. The van der Waals surface area contributed by atoms with E-state index < -0.39 is 0 Å². The van der Waals surface area contributed by atoms with E-state index in [4.69, 9.17) is 0 Å². The Hall–Kier alpha value is -0.980. The van der Waals surface area contributed by atoms with E-state index in [1.165, 1.54) is 37.2 Å². The lowest BCUT2D eigenvalue weighted by Crippen LogP contribution is -2.17. The standard InChI is InChI=1S/C12H16N/c1-2-11-6-5-7-12(10-11)13-8-3-4-9-13/h5-6,10H,2-4,8-9H2,1H3. The Morgan fingerprint density at radius 1 is 1.38 bits per heavy atom. The van der Waals surface area contributed by atoms with Gasteiger partial charge in [0.25, 0.3) is 0 Å². The molecule has 2 rings (SSSR count). The SMILES string of the molecule is CCc1cc[c]c(N2CCCC2)c1. The predicted octanol–water partition coefficient (Wildman–Crippen LogP) is 2.65. The highest BCUT2D eigenvalue weighted by Crippen LogP contribution is 2.20. The Labute approximate surface area is 80.4 Å². The minimum Gasteiger partial charge on any atom is -0.371 e. The van der Waals surface area contributed by atoms with Gasteiger partial charge in [-0.05, 0) is 30.9 Å². The van der Waals surface area contributed by atoms with Gasteiger partial charge in [-0.25, -0.2) is 0 Å². The summed E-state index contributed by atoms with van der Waals surface area (Å²) < 4.78 is 0. The van der Waals surface area contributed by atoms with Crippen LogP contribution in [0.2, 0.25) is 0 Å². The van der Waals surface area contributed by atoms with Gasteiger partial charge in [-0.2, -0.15) is 0 Å². The van der Waals surface area contributed by atoms with E-state index in [0.717, 1.165) is 6.42 Å². The van der Waals surface area contributed by atoms with E-state index in [1.54, 1.807) is 0 Å². The molecule has 0 N–H and O–H groups in total. The summed E-state index contributed by atoms with van der Waals surface area (Å²) in [5.74, 6) is 0. The van der Waals surface area contributed by atoms with Gasteiger partial charge in [0.1, 0.15) is 0 Å². The average molecular weight is 174 g/mol. The van der Waals surface area contributed by atoms with E-state index in [9.17, 15) is 0 Å². The normalized spacial score (nSPS) is 16.5. The zero-order valence-electron chi connectivity index (χ0n) is 8.21. The van der Waals surface area contributed by atoms with Crippen molar-refractivity contribution in [2.45, 2.75) is 26.2 Å². The second-order valence-electron chi connectivity index (χ2n) is 3.63. The number of benzene rings is 1. The smallest absolute Gasteiger partial charge is 0.0449 e. The fourth-order valence-corrected chi connectivity index (χ4v) is 1.86. The number of hydrogen-bond donors (Lipinski definition) is 0. The quantitative estimate of drug-likeness (QED) is 0.666. The number of nitrogens with zero attached hydrogens (tertiary/aromatic N) is 1. The van der Waals surface area contributed by atoms with Gasteiger partial charge >= 0.3 is 0 Å². The summed E-state index contributed by atoms with van der Waals surface area (Å²) in [6.07, 6.45) is 3.80. The Bertz CT molecular complexity index is 274. The molecule has 1 nitrogen and oxygen atoms in total. The van der Waals surface area contributed by atoms with Gasteiger partial charge < -0.3 is 4.90 Å². The van der Waals surface area contributed by atoms with E-state index in [1.807, 2.05) is 6.07 Å². The molecule has 0 aromatic heterocycles. The number of rotatable bonds is 2. The molecule has 1 fully saturated rings. The molecule has 0 spiro atoms. The maximum atomic E-state index is 3.31. The highest BCUT2D eigenvalue weighted by atomic mass is 15.1. The van der Waals surface area contributed by atoms with Gasteiger partial charge in [-0.1, -0.05) is 19.1 Å². The number of aryl methyl sites for hydroxylation is 1. The molecule has 0 saturated carbocycles. The van der Waals surface area contributed by atoms with Crippen molar-refractivity contribution < 1.29 is 0 Å². The highest BCUT2D eigenvalue weighted by molar-refractivity contribution is 5.48. The van der Waals surface area contributed by atoms with Crippen LogP contribution < -0.4 is 4.90 Å². The van der Waals surface area contributed by atoms with Gasteiger partial charge in [0, 0.05) is 24.8 Å². The fourth-order valence-electron chi connectivity index (χ4n) is 1.86. The Kier molecular flexibility index (Phi) is 2.53. The monoisotopic (exact) mass is 174 g/mol. The molecule has 1 aliphatic heterocycles. The van der Waals surface area contributed by atoms with Crippen LogP contribution in [-0.4, -0.2) is 13.1 Å². The van der Waals surface area contributed by atoms with Gasteiger partial charge in [-0.15, -0.1) is 0 Å². The summed E-state index contributed by atoms with van der Waals surface area (Å²) in [7, 11) is 0. The first-order valence-electron chi connectivity index (χ1n) is 5.15. The highest BCUT2D eigenvalue weighted by Gasteiger charge is 2.11. The first kappa shape index (κ1) is 8.61. The third-order valence-electron chi connectivity index (χ3n) is 2.71. The molecular weight excluding hydrogens is 158 g/mol. The second kappa shape index (κ2) is 3.82. The number of anilines is 1. The zero-order chi connectivity index (χ0) is 9.10. The van der Waals surface area contributed by atoms with Crippen LogP contribution >= 0.6 is 0 Å². The molecule has 1 radical (unpaired) electrons. The maximum absolute atomic E-state index is 3.31. The van der Waals surface area contributed by atoms with Crippen molar-refractivity contribution >= 4 is 5.69 Å². The van der Waals surface area contributed by atoms with E-state index in [-0.39, 0.29) is 0 Å². The van der Waals surface area contributed by atoms with Crippen molar-refractivity contribution in [3.05, 3.63) is 29.8 Å². The molecule has 1 saturated heterocycles. The summed E-state index contributed by atoms with van der Waals surface area (Å²) in [5.41, 5.74) is 2.71. The van der Waals surface area contributed by atoms with Gasteiger partial charge in [0.2, 0.25) is 0 Å². The Morgan fingerprint density at radius 2 is 2.15 bits per heavy atom. The topological polar surface area (TPSA) is 3.24 Å². The van der Waals surface area contributed by atoms with Crippen molar-refractivity contribution in [1.82, 2.24) is 0 Å². The molecule has 69 valence electrons. The van der Waals surface area contributed by atoms with Crippen LogP contribution in [-0.2, 0) is 6.42 Å². The lowest BCUT2D eigenvalue weighted by Gasteiger charge is -2.17. The van der Waals surface area contributed by atoms with Crippen molar-refractivity contribution in [2.75, 3.05) is 18.0 Å². The fraction of sp³-hybridized carbons (Fsp3) is 0.500. The molecule has 0 unspecified atom stereocenters. The first-order valence-corrected chi connectivity index (χ1v) is 5.15. The van der Waals surface area contributed by atoms with Crippen LogP contribution in [0, 0.1) is 6.07 Å². The predicted molar refractivity (Wildman–Crippen MR) is 56.1 cm³/mol. The lowest BCUT2D eigenvalue weighted by atomic mass is 10.1. The third kappa shape index (κ3) is 1.85. The molecule has 0 bridgehead atoms. The summed E-state index contributed by atoms with van der Waals surface area (Å²) in [5, 5.41) is 0. The lowest BCUT2D eigenvalue weighted by molar-refractivity contribution is 0.949. The molecule has 13 heavy (non-hydrogen) atoms. The minimum absolute atomic E-state index is 1.12. The van der Waals surface area contributed by atoms with E-state index in [2.05, 4.69) is 30.0 Å². The molecule has 1 aromatic rings.